The highest BCUT2D eigenvalue weighted by Gasteiger charge is 2.26. The molecule has 8 nitrogen and oxygen atoms in total. The highest BCUT2D eigenvalue weighted by molar-refractivity contribution is 5.85. The first-order chi connectivity index (χ1) is 16.8. The van der Waals surface area contributed by atoms with E-state index in [1.165, 1.54) is 0 Å². The summed E-state index contributed by atoms with van der Waals surface area (Å²) in [6, 6.07) is 11.8. The van der Waals surface area contributed by atoms with Gasteiger partial charge in [0.25, 0.3) is 0 Å². The Kier molecular flexibility index (Phi) is 9.46. The Morgan fingerprint density at radius 3 is 2.34 bits per heavy atom. The van der Waals surface area contributed by atoms with Gasteiger partial charge in [0.15, 0.2) is 5.82 Å². The van der Waals surface area contributed by atoms with Crippen LogP contribution in [0.4, 0.5) is 5.82 Å². The van der Waals surface area contributed by atoms with Crippen molar-refractivity contribution in [3.05, 3.63) is 36.4 Å². The number of rotatable bonds is 9. The van der Waals surface area contributed by atoms with E-state index in [0.29, 0.717) is 26.1 Å². The van der Waals surface area contributed by atoms with Crippen molar-refractivity contribution in [2.75, 3.05) is 44.7 Å². The van der Waals surface area contributed by atoms with Gasteiger partial charge >= 0.3 is 0 Å². The minimum absolute atomic E-state index is 0.0187. The quantitative estimate of drug-likeness (QED) is 0.541. The molecule has 1 saturated heterocycles. The lowest BCUT2D eigenvalue weighted by atomic mass is 10.1. The summed E-state index contributed by atoms with van der Waals surface area (Å²) in [7, 11) is 1.65. The summed E-state index contributed by atoms with van der Waals surface area (Å²) in [6.07, 6.45) is 2.14. The zero-order valence-electron chi connectivity index (χ0n) is 21.7. The lowest BCUT2D eigenvalue weighted by Crippen LogP contribution is -2.47. The van der Waals surface area contributed by atoms with Crippen molar-refractivity contribution in [2.24, 2.45) is 5.92 Å². The van der Waals surface area contributed by atoms with E-state index in [-0.39, 0.29) is 30.3 Å². The number of nitrogens with zero attached hydrogens (tertiary/aromatic N) is 5. The molecular formula is C27H39N5O3. The molecule has 1 aliphatic heterocycles. The first kappa shape index (κ1) is 26.4. The van der Waals surface area contributed by atoms with Crippen molar-refractivity contribution in [1.29, 1.82) is 0 Å². The van der Waals surface area contributed by atoms with Crippen LogP contribution >= 0.6 is 0 Å². The normalized spacial score (nSPS) is 15.0. The third-order valence-electron chi connectivity index (χ3n) is 6.54. The molecule has 1 atom stereocenters. The molecule has 8 heteroatoms. The Labute approximate surface area is 209 Å². The smallest absolute Gasteiger partial charge is 0.242 e. The topological polar surface area (TPSA) is 78.9 Å². The second-order valence-electron chi connectivity index (χ2n) is 9.60. The zero-order valence-corrected chi connectivity index (χ0v) is 21.7. The van der Waals surface area contributed by atoms with Crippen molar-refractivity contribution < 1.29 is 14.3 Å². The van der Waals surface area contributed by atoms with Gasteiger partial charge in [0.2, 0.25) is 11.8 Å². The molecule has 0 aliphatic carbocycles. The maximum absolute atomic E-state index is 13.1. The molecule has 1 unspecified atom stereocenters. The standard InChI is InChI=1S/C27H39N5O3/c1-6-21(4)32(26(33)18-20(2)3)19-27(34)31-15-7-14-30(16-17-31)25-13-12-24(28-29-25)22-8-10-23(35-5)11-9-22/h8-13,20-21H,6-7,14-19H2,1-5H3. The van der Waals surface area contributed by atoms with Crippen LogP contribution in [0, 0.1) is 5.92 Å². The molecule has 35 heavy (non-hydrogen) atoms. The van der Waals surface area contributed by atoms with Gasteiger partial charge in [0.05, 0.1) is 19.3 Å². The van der Waals surface area contributed by atoms with Crippen LogP contribution in [0.3, 0.4) is 0 Å². The predicted molar refractivity (Wildman–Crippen MR) is 138 cm³/mol. The monoisotopic (exact) mass is 481 g/mol. The summed E-state index contributed by atoms with van der Waals surface area (Å²) in [5, 5.41) is 8.87. The SMILES string of the molecule is CCC(C)N(CC(=O)N1CCCN(c2ccc(-c3ccc(OC)cc3)nn2)CC1)C(=O)CC(C)C. The number of hydrogen-bond acceptors (Lipinski definition) is 6. The fourth-order valence-corrected chi connectivity index (χ4v) is 4.23. The number of carbonyl (C=O) groups is 2. The van der Waals surface area contributed by atoms with Gasteiger partial charge in [0.1, 0.15) is 5.75 Å². The molecule has 0 bridgehead atoms. The van der Waals surface area contributed by atoms with Crippen molar-refractivity contribution in [2.45, 2.75) is 53.0 Å². The zero-order chi connectivity index (χ0) is 25.4. The van der Waals surface area contributed by atoms with Gasteiger partial charge in [-0.05, 0) is 62.1 Å². The summed E-state index contributed by atoms with van der Waals surface area (Å²) in [5.41, 5.74) is 1.79. The number of ether oxygens (including phenoxy) is 1. The molecule has 3 rings (SSSR count). The Bertz CT molecular complexity index is 962. The van der Waals surface area contributed by atoms with Gasteiger partial charge in [0, 0.05) is 44.2 Å². The van der Waals surface area contributed by atoms with Crippen molar-refractivity contribution in [3.8, 4) is 17.0 Å². The van der Waals surface area contributed by atoms with Crippen LogP contribution in [-0.2, 0) is 9.59 Å². The minimum Gasteiger partial charge on any atom is -0.497 e. The molecule has 2 amide bonds. The highest BCUT2D eigenvalue weighted by atomic mass is 16.5. The van der Waals surface area contributed by atoms with Crippen LogP contribution in [0.25, 0.3) is 11.3 Å². The second-order valence-corrected chi connectivity index (χ2v) is 9.60. The summed E-state index contributed by atoms with van der Waals surface area (Å²) in [4.78, 5) is 31.7. The molecule has 1 aliphatic rings. The van der Waals surface area contributed by atoms with Crippen LogP contribution in [0.15, 0.2) is 36.4 Å². The molecule has 1 fully saturated rings. The Morgan fingerprint density at radius 2 is 1.74 bits per heavy atom. The summed E-state index contributed by atoms with van der Waals surface area (Å²) in [6.45, 7) is 11.1. The van der Waals surface area contributed by atoms with Gasteiger partial charge in [-0.3, -0.25) is 9.59 Å². The number of hydrogen-bond donors (Lipinski definition) is 0. The van der Waals surface area contributed by atoms with E-state index < -0.39 is 0 Å². The van der Waals surface area contributed by atoms with E-state index in [0.717, 1.165) is 42.2 Å². The van der Waals surface area contributed by atoms with E-state index in [4.69, 9.17) is 4.74 Å². The van der Waals surface area contributed by atoms with E-state index in [1.54, 1.807) is 12.0 Å². The number of carbonyl (C=O) groups excluding carboxylic acids is 2. The summed E-state index contributed by atoms with van der Waals surface area (Å²) < 4.78 is 5.22. The average molecular weight is 482 g/mol. The van der Waals surface area contributed by atoms with Crippen molar-refractivity contribution in [3.63, 3.8) is 0 Å². The highest BCUT2D eigenvalue weighted by Crippen LogP contribution is 2.22. The number of amides is 2. The van der Waals surface area contributed by atoms with Crippen molar-refractivity contribution >= 4 is 17.6 Å². The van der Waals surface area contributed by atoms with Crippen LogP contribution in [0.2, 0.25) is 0 Å². The Morgan fingerprint density at radius 1 is 1.00 bits per heavy atom. The molecule has 190 valence electrons. The van der Waals surface area contributed by atoms with E-state index in [2.05, 4.69) is 22.0 Å². The molecular weight excluding hydrogens is 442 g/mol. The van der Waals surface area contributed by atoms with E-state index in [9.17, 15) is 9.59 Å². The largest absolute Gasteiger partial charge is 0.497 e. The predicted octanol–water partition coefficient (Wildman–Crippen LogP) is 3.86. The summed E-state index contributed by atoms with van der Waals surface area (Å²) in [5.74, 6) is 1.97. The lowest BCUT2D eigenvalue weighted by molar-refractivity contribution is -0.142. The van der Waals surface area contributed by atoms with Gasteiger partial charge < -0.3 is 19.4 Å². The number of benzene rings is 1. The van der Waals surface area contributed by atoms with Gasteiger partial charge in [-0.25, -0.2) is 0 Å². The maximum atomic E-state index is 13.1. The Balaban J connectivity index is 1.60. The summed E-state index contributed by atoms with van der Waals surface area (Å²) >= 11 is 0. The molecule has 2 aromatic rings. The molecule has 1 aromatic carbocycles. The molecule has 1 aromatic heterocycles. The fraction of sp³-hybridized carbons (Fsp3) is 0.556. The van der Waals surface area contributed by atoms with Crippen LogP contribution in [0.5, 0.6) is 5.75 Å². The van der Waals surface area contributed by atoms with E-state index in [1.807, 2.05) is 62.1 Å². The molecule has 2 heterocycles. The minimum atomic E-state index is 0.0187. The maximum Gasteiger partial charge on any atom is 0.242 e. The first-order valence-corrected chi connectivity index (χ1v) is 12.6. The molecule has 0 spiro atoms. The van der Waals surface area contributed by atoms with Crippen LogP contribution < -0.4 is 9.64 Å². The van der Waals surface area contributed by atoms with Gasteiger partial charge in [-0.15, -0.1) is 10.2 Å². The van der Waals surface area contributed by atoms with Gasteiger partial charge in [-0.1, -0.05) is 20.8 Å². The van der Waals surface area contributed by atoms with E-state index >= 15 is 0 Å². The average Bonchev–Trinajstić information content (AvgIpc) is 3.13. The number of methoxy groups -OCH3 is 1. The third kappa shape index (κ3) is 7.16. The third-order valence-corrected chi connectivity index (χ3v) is 6.54. The number of aromatic nitrogens is 2. The number of anilines is 1. The van der Waals surface area contributed by atoms with Crippen molar-refractivity contribution in [1.82, 2.24) is 20.0 Å². The molecule has 0 N–H and O–H groups in total. The second kappa shape index (κ2) is 12.5. The first-order valence-electron chi connectivity index (χ1n) is 12.6. The fourth-order valence-electron chi connectivity index (χ4n) is 4.23. The van der Waals surface area contributed by atoms with Gasteiger partial charge in [-0.2, -0.15) is 0 Å². The molecule has 0 saturated carbocycles. The molecule has 0 radical (unpaired) electrons. The lowest BCUT2D eigenvalue weighted by Gasteiger charge is -2.31. The van der Waals surface area contributed by atoms with Crippen LogP contribution in [0.1, 0.15) is 47.0 Å². The van der Waals surface area contributed by atoms with Crippen LogP contribution in [-0.4, -0.2) is 77.7 Å². The Hall–Kier alpha value is -3.16.